The van der Waals surface area contributed by atoms with E-state index < -0.39 is 0 Å². The normalized spacial score (nSPS) is 13.4. The first-order valence-corrected chi connectivity index (χ1v) is 7.55. The van der Waals surface area contributed by atoms with E-state index >= 15 is 0 Å². The van der Waals surface area contributed by atoms with E-state index in [2.05, 4.69) is 37.4 Å². The topological polar surface area (TPSA) is 15.3 Å². The van der Waals surface area contributed by atoms with Gasteiger partial charge < -0.3 is 10.2 Å². The molecule has 0 amide bonds. The predicted molar refractivity (Wildman–Crippen MR) is 72.9 cm³/mol. The lowest BCUT2D eigenvalue weighted by atomic mass is 10.2. The Labute approximate surface area is 100 Å². The van der Waals surface area contributed by atoms with Gasteiger partial charge in [-0.3, -0.25) is 0 Å². The molecule has 0 radical (unpaired) electrons. The molecule has 3 heteroatoms. The molecule has 0 saturated heterocycles. The number of hydrogen-bond donors (Lipinski definition) is 1. The van der Waals surface area contributed by atoms with Crippen molar-refractivity contribution >= 4 is 11.8 Å². The molecular formula is C12H28N2S. The van der Waals surface area contributed by atoms with Gasteiger partial charge in [0.15, 0.2) is 0 Å². The Kier molecular flexibility index (Phi) is 11.0. The van der Waals surface area contributed by atoms with Crippen molar-refractivity contribution in [2.24, 2.45) is 0 Å². The molecule has 2 nitrogen and oxygen atoms in total. The van der Waals surface area contributed by atoms with Gasteiger partial charge in [-0.1, -0.05) is 13.8 Å². The molecule has 0 aliphatic carbocycles. The monoisotopic (exact) mass is 232 g/mol. The Morgan fingerprint density at radius 1 is 1.27 bits per heavy atom. The number of thioether (sulfide) groups is 1. The summed E-state index contributed by atoms with van der Waals surface area (Å²) in [5, 5.41) is 3.45. The van der Waals surface area contributed by atoms with Crippen LogP contribution in [0.2, 0.25) is 0 Å². The molecule has 0 aromatic heterocycles. The molecule has 0 spiro atoms. The zero-order chi connectivity index (χ0) is 11.5. The van der Waals surface area contributed by atoms with Crippen molar-refractivity contribution in [3.8, 4) is 0 Å². The van der Waals surface area contributed by atoms with E-state index in [1.165, 1.54) is 31.6 Å². The quantitative estimate of drug-likeness (QED) is 0.583. The molecule has 15 heavy (non-hydrogen) atoms. The molecule has 0 aromatic carbocycles. The van der Waals surface area contributed by atoms with Crippen LogP contribution in [0, 0.1) is 0 Å². The van der Waals surface area contributed by atoms with Gasteiger partial charge in [-0.2, -0.15) is 11.8 Å². The van der Waals surface area contributed by atoms with E-state index in [4.69, 9.17) is 0 Å². The second kappa shape index (κ2) is 10.8. The SMILES string of the molecule is CCCNCCCN(C)C(CC)CSC. The predicted octanol–water partition coefficient (Wildman–Crippen LogP) is 2.45. The average Bonchev–Trinajstić information content (AvgIpc) is 2.25. The third kappa shape index (κ3) is 8.12. The first kappa shape index (κ1) is 15.3. The third-order valence-electron chi connectivity index (χ3n) is 2.74. The molecule has 0 rings (SSSR count). The fourth-order valence-electron chi connectivity index (χ4n) is 1.69. The minimum absolute atomic E-state index is 0.756. The number of nitrogens with zero attached hydrogens (tertiary/aromatic N) is 1. The van der Waals surface area contributed by atoms with E-state index in [0.717, 1.165) is 19.1 Å². The molecule has 0 aliphatic rings. The first-order valence-electron chi connectivity index (χ1n) is 6.16. The second-order valence-electron chi connectivity index (χ2n) is 4.10. The Morgan fingerprint density at radius 2 is 2.00 bits per heavy atom. The fraction of sp³-hybridized carbons (Fsp3) is 1.00. The van der Waals surface area contributed by atoms with Gasteiger partial charge >= 0.3 is 0 Å². The van der Waals surface area contributed by atoms with Crippen LogP contribution in [0.15, 0.2) is 0 Å². The van der Waals surface area contributed by atoms with Gasteiger partial charge in [-0.05, 0) is 52.2 Å². The lowest BCUT2D eigenvalue weighted by Crippen LogP contribution is -2.35. The van der Waals surface area contributed by atoms with Crippen molar-refractivity contribution in [2.45, 2.75) is 39.2 Å². The highest BCUT2D eigenvalue weighted by atomic mass is 32.2. The lowest BCUT2D eigenvalue weighted by molar-refractivity contribution is 0.252. The van der Waals surface area contributed by atoms with Crippen molar-refractivity contribution in [2.75, 3.05) is 38.7 Å². The van der Waals surface area contributed by atoms with Gasteiger partial charge in [0, 0.05) is 11.8 Å². The first-order chi connectivity index (χ1) is 7.26. The van der Waals surface area contributed by atoms with Crippen LogP contribution in [0.3, 0.4) is 0 Å². The third-order valence-corrected chi connectivity index (χ3v) is 3.46. The summed E-state index contributed by atoms with van der Waals surface area (Å²) in [6.45, 7) is 8.03. The van der Waals surface area contributed by atoms with Crippen molar-refractivity contribution in [3.05, 3.63) is 0 Å². The molecule has 1 unspecified atom stereocenters. The molecule has 1 atom stereocenters. The minimum atomic E-state index is 0.756. The summed E-state index contributed by atoms with van der Waals surface area (Å²) in [5.74, 6) is 1.26. The summed E-state index contributed by atoms with van der Waals surface area (Å²) in [6.07, 6.45) is 5.96. The molecule has 0 bridgehead atoms. The zero-order valence-corrected chi connectivity index (χ0v) is 11.7. The van der Waals surface area contributed by atoms with Crippen LogP contribution in [0.4, 0.5) is 0 Å². The van der Waals surface area contributed by atoms with E-state index in [1.54, 1.807) is 0 Å². The summed E-state index contributed by atoms with van der Waals surface area (Å²) < 4.78 is 0. The van der Waals surface area contributed by atoms with Crippen LogP contribution in [0.25, 0.3) is 0 Å². The van der Waals surface area contributed by atoms with Crippen LogP contribution in [0.1, 0.15) is 33.1 Å². The van der Waals surface area contributed by atoms with E-state index in [0.29, 0.717) is 0 Å². The Morgan fingerprint density at radius 3 is 2.53 bits per heavy atom. The molecule has 0 aromatic rings. The van der Waals surface area contributed by atoms with Gasteiger partial charge in [0.2, 0.25) is 0 Å². The molecule has 0 saturated carbocycles. The number of rotatable bonds is 10. The van der Waals surface area contributed by atoms with Gasteiger partial charge in [0.1, 0.15) is 0 Å². The zero-order valence-electron chi connectivity index (χ0n) is 10.9. The molecular weight excluding hydrogens is 204 g/mol. The summed E-state index contributed by atoms with van der Waals surface area (Å²) >= 11 is 1.95. The maximum absolute atomic E-state index is 3.45. The highest BCUT2D eigenvalue weighted by Crippen LogP contribution is 2.08. The maximum atomic E-state index is 3.45. The lowest BCUT2D eigenvalue weighted by Gasteiger charge is -2.26. The Balaban J connectivity index is 3.48. The van der Waals surface area contributed by atoms with E-state index in [9.17, 15) is 0 Å². The van der Waals surface area contributed by atoms with Crippen molar-refractivity contribution < 1.29 is 0 Å². The molecule has 0 heterocycles. The molecule has 0 aliphatic heterocycles. The van der Waals surface area contributed by atoms with Crippen molar-refractivity contribution in [3.63, 3.8) is 0 Å². The maximum Gasteiger partial charge on any atom is 0.0180 e. The summed E-state index contributed by atoms with van der Waals surface area (Å²) in [6, 6.07) is 0.756. The highest BCUT2D eigenvalue weighted by Gasteiger charge is 2.10. The minimum Gasteiger partial charge on any atom is -0.317 e. The standard InChI is InChI=1S/C12H28N2S/c1-5-8-13-9-7-10-14(3)12(6-2)11-15-4/h12-13H,5-11H2,1-4H3. The van der Waals surface area contributed by atoms with Gasteiger partial charge in [0.25, 0.3) is 0 Å². The van der Waals surface area contributed by atoms with Crippen molar-refractivity contribution in [1.82, 2.24) is 10.2 Å². The summed E-state index contributed by atoms with van der Waals surface area (Å²) in [5.41, 5.74) is 0. The largest absolute Gasteiger partial charge is 0.317 e. The Hall–Kier alpha value is 0.270. The van der Waals surface area contributed by atoms with Crippen LogP contribution in [-0.2, 0) is 0 Å². The van der Waals surface area contributed by atoms with Gasteiger partial charge in [-0.15, -0.1) is 0 Å². The number of nitrogens with one attached hydrogen (secondary N) is 1. The average molecular weight is 232 g/mol. The highest BCUT2D eigenvalue weighted by molar-refractivity contribution is 7.98. The molecule has 92 valence electrons. The summed E-state index contributed by atoms with van der Waals surface area (Å²) in [4.78, 5) is 2.50. The second-order valence-corrected chi connectivity index (χ2v) is 5.01. The van der Waals surface area contributed by atoms with Gasteiger partial charge in [0.05, 0.1) is 0 Å². The van der Waals surface area contributed by atoms with Crippen LogP contribution in [-0.4, -0.2) is 49.6 Å². The summed E-state index contributed by atoms with van der Waals surface area (Å²) in [7, 11) is 2.25. The van der Waals surface area contributed by atoms with Crippen LogP contribution in [0.5, 0.6) is 0 Å². The smallest absolute Gasteiger partial charge is 0.0180 e. The van der Waals surface area contributed by atoms with Crippen LogP contribution >= 0.6 is 11.8 Å². The molecule has 1 N–H and O–H groups in total. The van der Waals surface area contributed by atoms with Gasteiger partial charge in [-0.25, -0.2) is 0 Å². The van der Waals surface area contributed by atoms with E-state index in [-0.39, 0.29) is 0 Å². The Bertz CT molecular complexity index is 131. The van der Waals surface area contributed by atoms with Crippen LogP contribution < -0.4 is 5.32 Å². The number of hydrogen-bond acceptors (Lipinski definition) is 3. The van der Waals surface area contributed by atoms with E-state index in [1.807, 2.05) is 11.8 Å². The fourth-order valence-corrected chi connectivity index (χ4v) is 2.56. The molecule has 0 fully saturated rings. The van der Waals surface area contributed by atoms with Crippen molar-refractivity contribution in [1.29, 1.82) is 0 Å².